The van der Waals surface area contributed by atoms with Crippen LogP contribution in [0.4, 0.5) is 0 Å². The number of aromatic nitrogens is 2. The largest absolute Gasteiger partial charge is 0.336 e. The molecule has 3 nitrogen and oxygen atoms in total. The minimum atomic E-state index is 0.832. The van der Waals surface area contributed by atoms with Crippen molar-refractivity contribution in [3.8, 4) is 11.3 Å². The molecule has 3 heteroatoms. The highest BCUT2D eigenvalue weighted by Crippen LogP contribution is 2.29. The molecule has 0 aliphatic heterocycles. The Kier molecular flexibility index (Phi) is 3.53. The van der Waals surface area contributed by atoms with E-state index in [0.29, 0.717) is 0 Å². The van der Waals surface area contributed by atoms with Crippen molar-refractivity contribution in [2.45, 2.75) is 27.3 Å². The first-order valence-electron chi connectivity index (χ1n) is 6.27. The lowest BCUT2D eigenvalue weighted by molar-refractivity contribution is 0.735. The number of imidazole rings is 1. The third-order valence-corrected chi connectivity index (χ3v) is 3.32. The number of hydrogen-bond donors (Lipinski definition) is 1. The van der Waals surface area contributed by atoms with Crippen LogP contribution in [-0.2, 0) is 13.6 Å². The van der Waals surface area contributed by atoms with Gasteiger partial charge in [-0.1, -0.05) is 17.7 Å². The summed E-state index contributed by atoms with van der Waals surface area (Å²) in [6, 6.07) is 4.44. The van der Waals surface area contributed by atoms with Crippen LogP contribution in [0.2, 0.25) is 0 Å². The van der Waals surface area contributed by atoms with Crippen LogP contribution in [0.1, 0.15) is 22.4 Å². The van der Waals surface area contributed by atoms with Gasteiger partial charge in [-0.05, 0) is 38.9 Å². The molecule has 1 aromatic heterocycles. The molecule has 0 unspecified atom stereocenters. The van der Waals surface area contributed by atoms with Crippen LogP contribution in [-0.4, -0.2) is 16.6 Å². The van der Waals surface area contributed by atoms with Crippen LogP contribution < -0.4 is 5.32 Å². The molecular formula is C15H21N3. The minimum absolute atomic E-state index is 0.832. The Labute approximate surface area is 109 Å². The van der Waals surface area contributed by atoms with Gasteiger partial charge >= 0.3 is 0 Å². The molecule has 1 aromatic carbocycles. The van der Waals surface area contributed by atoms with Gasteiger partial charge in [-0.2, -0.15) is 0 Å². The summed E-state index contributed by atoms with van der Waals surface area (Å²) in [6.45, 7) is 7.29. The average molecular weight is 243 g/mol. The van der Waals surface area contributed by atoms with Crippen molar-refractivity contribution >= 4 is 0 Å². The summed E-state index contributed by atoms with van der Waals surface area (Å²) in [4.78, 5) is 4.58. The van der Waals surface area contributed by atoms with E-state index in [0.717, 1.165) is 12.2 Å². The van der Waals surface area contributed by atoms with Gasteiger partial charge in [0, 0.05) is 19.2 Å². The predicted octanol–water partition coefficient (Wildman–Crippen LogP) is 2.73. The topological polar surface area (TPSA) is 29.9 Å². The van der Waals surface area contributed by atoms with Gasteiger partial charge in [0.25, 0.3) is 0 Å². The molecule has 0 aliphatic carbocycles. The van der Waals surface area contributed by atoms with Gasteiger partial charge < -0.3 is 9.88 Å². The molecule has 0 spiro atoms. The lowest BCUT2D eigenvalue weighted by Crippen LogP contribution is -2.10. The molecule has 0 aliphatic rings. The monoisotopic (exact) mass is 243 g/mol. The third-order valence-electron chi connectivity index (χ3n) is 3.32. The molecule has 0 saturated carbocycles. The maximum Gasteiger partial charge on any atom is 0.0953 e. The number of benzene rings is 1. The molecule has 2 aromatic rings. The van der Waals surface area contributed by atoms with Gasteiger partial charge in [-0.15, -0.1) is 0 Å². The van der Waals surface area contributed by atoms with Gasteiger partial charge in [-0.25, -0.2) is 4.98 Å². The van der Waals surface area contributed by atoms with Crippen LogP contribution in [0, 0.1) is 20.8 Å². The number of hydrogen-bond acceptors (Lipinski definition) is 2. The molecule has 0 bridgehead atoms. The van der Waals surface area contributed by atoms with Crippen LogP contribution in [0.15, 0.2) is 18.5 Å². The first kappa shape index (κ1) is 12.8. The lowest BCUT2D eigenvalue weighted by atomic mass is 9.96. The SMILES string of the molecule is CNCc1c(-c2c(C)cc(C)cc2C)ncn1C. The van der Waals surface area contributed by atoms with E-state index in [-0.39, 0.29) is 0 Å². The minimum Gasteiger partial charge on any atom is -0.336 e. The highest BCUT2D eigenvalue weighted by molar-refractivity contribution is 5.70. The number of aryl methyl sites for hydroxylation is 4. The first-order chi connectivity index (χ1) is 8.54. The Morgan fingerprint density at radius 3 is 2.33 bits per heavy atom. The van der Waals surface area contributed by atoms with Gasteiger partial charge in [-0.3, -0.25) is 0 Å². The van der Waals surface area contributed by atoms with E-state index in [1.807, 2.05) is 20.4 Å². The Balaban J connectivity index is 2.62. The van der Waals surface area contributed by atoms with Crippen LogP contribution in [0.5, 0.6) is 0 Å². The standard InChI is InChI=1S/C15H21N3/c1-10-6-11(2)14(12(3)7-10)15-13(8-16-4)18(5)9-17-15/h6-7,9,16H,8H2,1-5H3. The Morgan fingerprint density at radius 2 is 1.78 bits per heavy atom. The second kappa shape index (κ2) is 4.94. The third kappa shape index (κ3) is 2.18. The molecule has 96 valence electrons. The van der Waals surface area contributed by atoms with Crippen LogP contribution >= 0.6 is 0 Å². The molecule has 0 radical (unpaired) electrons. The maximum absolute atomic E-state index is 4.58. The molecule has 0 saturated heterocycles. The fourth-order valence-corrected chi connectivity index (χ4v) is 2.59. The second-order valence-corrected chi connectivity index (χ2v) is 4.95. The van der Waals surface area contributed by atoms with Gasteiger partial charge in [0.05, 0.1) is 17.7 Å². The van der Waals surface area contributed by atoms with Crippen LogP contribution in [0.3, 0.4) is 0 Å². The summed E-state index contributed by atoms with van der Waals surface area (Å²) in [6.07, 6.45) is 1.89. The van der Waals surface area contributed by atoms with Crippen molar-refractivity contribution in [3.05, 3.63) is 40.8 Å². The molecular weight excluding hydrogens is 222 g/mol. The van der Waals surface area contributed by atoms with Crippen LogP contribution in [0.25, 0.3) is 11.3 Å². The molecule has 0 atom stereocenters. The number of rotatable bonds is 3. The zero-order chi connectivity index (χ0) is 13.3. The highest BCUT2D eigenvalue weighted by Gasteiger charge is 2.14. The normalized spacial score (nSPS) is 10.9. The van der Waals surface area contributed by atoms with Crippen molar-refractivity contribution in [1.82, 2.24) is 14.9 Å². The Morgan fingerprint density at radius 1 is 1.17 bits per heavy atom. The van der Waals surface area contributed by atoms with Gasteiger partial charge in [0.2, 0.25) is 0 Å². The Bertz CT molecular complexity index is 544. The van der Waals surface area contributed by atoms with E-state index < -0.39 is 0 Å². The summed E-state index contributed by atoms with van der Waals surface area (Å²) in [5.74, 6) is 0. The van der Waals surface area contributed by atoms with Crippen molar-refractivity contribution in [1.29, 1.82) is 0 Å². The summed E-state index contributed by atoms with van der Waals surface area (Å²) in [5, 5.41) is 3.21. The zero-order valence-electron chi connectivity index (χ0n) is 11.8. The number of nitrogens with one attached hydrogen (secondary N) is 1. The highest BCUT2D eigenvalue weighted by atomic mass is 15.1. The van der Waals surface area contributed by atoms with E-state index >= 15 is 0 Å². The molecule has 0 amide bonds. The van der Waals surface area contributed by atoms with E-state index in [1.54, 1.807) is 0 Å². The average Bonchev–Trinajstić information content (AvgIpc) is 2.61. The first-order valence-corrected chi connectivity index (χ1v) is 6.27. The molecule has 2 rings (SSSR count). The summed E-state index contributed by atoms with van der Waals surface area (Å²) < 4.78 is 2.09. The fourth-order valence-electron chi connectivity index (χ4n) is 2.59. The fraction of sp³-hybridized carbons (Fsp3) is 0.400. The number of nitrogens with zero attached hydrogens (tertiary/aromatic N) is 2. The van der Waals surface area contributed by atoms with E-state index in [9.17, 15) is 0 Å². The van der Waals surface area contributed by atoms with E-state index in [4.69, 9.17) is 0 Å². The lowest BCUT2D eigenvalue weighted by Gasteiger charge is -2.12. The van der Waals surface area contributed by atoms with Gasteiger partial charge in [0.15, 0.2) is 0 Å². The second-order valence-electron chi connectivity index (χ2n) is 4.95. The Hall–Kier alpha value is -1.61. The van der Waals surface area contributed by atoms with Crippen molar-refractivity contribution in [2.24, 2.45) is 7.05 Å². The summed E-state index contributed by atoms with van der Waals surface area (Å²) in [5.41, 5.74) is 7.49. The molecule has 1 N–H and O–H groups in total. The quantitative estimate of drug-likeness (QED) is 0.898. The summed E-state index contributed by atoms with van der Waals surface area (Å²) >= 11 is 0. The van der Waals surface area contributed by atoms with Crippen molar-refractivity contribution in [2.75, 3.05) is 7.05 Å². The smallest absolute Gasteiger partial charge is 0.0953 e. The molecule has 18 heavy (non-hydrogen) atoms. The predicted molar refractivity (Wildman–Crippen MR) is 75.6 cm³/mol. The molecule has 1 heterocycles. The van der Waals surface area contributed by atoms with Crippen molar-refractivity contribution < 1.29 is 0 Å². The van der Waals surface area contributed by atoms with Crippen molar-refractivity contribution in [3.63, 3.8) is 0 Å². The maximum atomic E-state index is 4.58. The van der Waals surface area contributed by atoms with E-state index in [1.165, 1.54) is 27.9 Å². The van der Waals surface area contributed by atoms with Gasteiger partial charge in [0.1, 0.15) is 0 Å². The summed E-state index contributed by atoms with van der Waals surface area (Å²) in [7, 11) is 4.01. The molecule has 0 fully saturated rings. The zero-order valence-corrected chi connectivity index (χ0v) is 11.8. The van der Waals surface area contributed by atoms with E-state index in [2.05, 4.69) is 47.8 Å².